The Morgan fingerprint density at radius 3 is 1.85 bits per heavy atom. The molecule has 1 rings (SSSR count). The van der Waals surface area contributed by atoms with Gasteiger partial charge in [0.2, 0.25) is 0 Å². The largest absolute Gasteiger partial charge is 0.500 e. The lowest BCUT2D eigenvalue weighted by molar-refractivity contribution is -0.0976. The molecule has 0 radical (unpaired) electrons. The van der Waals surface area contributed by atoms with Crippen LogP contribution in [0.25, 0.3) is 0 Å². The number of hydrogen-bond acceptors (Lipinski definition) is 4. The third kappa shape index (κ3) is 2.29. The summed E-state index contributed by atoms with van der Waals surface area (Å²) in [6.45, 7) is 3.71. The molecule has 0 aromatic heterocycles. The van der Waals surface area contributed by atoms with Crippen LogP contribution in [0.3, 0.4) is 0 Å². The van der Waals surface area contributed by atoms with Gasteiger partial charge in [0.25, 0.3) is 0 Å². The minimum absolute atomic E-state index is 0.175. The van der Waals surface area contributed by atoms with E-state index in [-0.39, 0.29) is 5.41 Å². The van der Waals surface area contributed by atoms with Crippen molar-refractivity contribution in [3.8, 4) is 0 Å². The van der Waals surface area contributed by atoms with E-state index in [1.165, 1.54) is 0 Å². The van der Waals surface area contributed by atoms with Crippen LogP contribution < -0.4 is 0 Å². The Morgan fingerprint density at radius 1 is 1.15 bits per heavy atom. The van der Waals surface area contributed by atoms with Crippen LogP contribution in [0.1, 0.15) is 6.92 Å². The average Bonchev–Trinajstić information content (AvgIpc) is 2.12. The van der Waals surface area contributed by atoms with Crippen LogP contribution in [0.15, 0.2) is 0 Å². The molecule has 0 atom stereocenters. The monoisotopic (exact) mass is 206 g/mol. The zero-order chi connectivity index (χ0) is 9.95. The summed E-state index contributed by atoms with van der Waals surface area (Å²) in [5.41, 5.74) is 0.175. The Balaban J connectivity index is 2.55. The molecule has 1 aliphatic heterocycles. The lowest BCUT2D eigenvalue weighted by Gasteiger charge is -2.41. The maximum atomic E-state index is 5.35. The summed E-state index contributed by atoms with van der Waals surface area (Å²) in [5.74, 6) is 0. The SMILES string of the molecule is CO[Si](CC1(C)COC1)(OC)OC. The maximum Gasteiger partial charge on any atom is 0.500 e. The standard InChI is InChI=1S/C8H18O4Si/c1-8(5-12-6-8)7-13(9-2,10-3)11-4/h5-7H2,1-4H3. The first-order chi connectivity index (χ1) is 6.10. The molecule has 78 valence electrons. The minimum Gasteiger partial charge on any atom is -0.380 e. The smallest absolute Gasteiger partial charge is 0.380 e. The van der Waals surface area contributed by atoms with Crippen molar-refractivity contribution in [2.24, 2.45) is 5.41 Å². The first-order valence-electron chi connectivity index (χ1n) is 4.33. The predicted molar refractivity (Wildman–Crippen MR) is 50.5 cm³/mol. The molecule has 0 amide bonds. The molecule has 0 N–H and O–H groups in total. The Labute approximate surface area is 80.5 Å². The van der Waals surface area contributed by atoms with Gasteiger partial charge < -0.3 is 18.0 Å². The van der Waals surface area contributed by atoms with E-state index in [4.69, 9.17) is 18.0 Å². The minimum atomic E-state index is -2.40. The van der Waals surface area contributed by atoms with Crippen LogP contribution in [0.4, 0.5) is 0 Å². The van der Waals surface area contributed by atoms with Crippen LogP contribution in [-0.4, -0.2) is 43.3 Å². The van der Waals surface area contributed by atoms with Gasteiger partial charge in [-0.05, 0) is 0 Å². The number of ether oxygens (including phenoxy) is 1. The van der Waals surface area contributed by atoms with Crippen LogP contribution in [0.5, 0.6) is 0 Å². The topological polar surface area (TPSA) is 36.9 Å². The highest BCUT2D eigenvalue weighted by atomic mass is 28.4. The predicted octanol–water partition coefficient (Wildman–Crippen LogP) is 0.901. The second-order valence-corrected chi connectivity index (χ2v) is 6.72. The normalized spacial score (nSPS) is 21.2. The van der Waals surface area contributed by atoms with E-state index in [2.05, 4.69) is 6.92 Å². The summed E-state index contributed by atoms with van der Waals surface area (Å²) in [6.07, 6.45) is 0. The van der Waals surface area contributed by atoms with Gasteiger partial charge in [-0.3, -0.25) is 0 Å². The van der Waals surface area contributed by atoms with Crippen molar-refractivity contribution >= 4 is 8.80 Å². The summed E-state index contributed by atoms with van der Waals surface area (Å²) < 4.78 is 21.2. The van der Waals surface area contributed by atoms with Gasteiger partial charge in [-0.15, -0.1) is 0 Å². The van der Waals surface area contributed by atoms with Crippen molar-refractivity contribution in [1.29, 1.82) is 0 Å². The molecule has 1 heterocycles. The van der Waals surface area contributed by atoms with Gasteiger partial charge >= 0.3 is 8.80 Å². The molecule has 1 saturated heterocycles. The Bertz CT molecular complexity index is 157. The van der Waals surface area contributed by atoms with Crippen molar-refractivity contribution in [3.63, 3.8) is 0 Å². The van der Waals surface area contributed by atoms with E-state index in [1.54, 1.807) is 21.3 Å². The van der Waals surface area contributed by atoms with Crippen molar-refractivity contribution in [3.05, 3.63) is 0 Å². The van der Waals surface area contributed by atoms with Crippen molar-refractivity contribution in [1.82, 2.24) is 0 Å². The van der Waals surface area contributed by atoms with Gasteiger partial charge in [-0.1, -0.05) is 6.92 Å². The molecule has 0 spiro atoms. The zero-order valence-corrected chi connectivity index (χ0v) is 9.75. The van der Waals surface area contributed by atoms with Crippen LogP contribution in [0.2, 0.25) is 6.04 Å². The summed E-state index contributed by atoms with van der Waals surface area (Å²) in [5, 5.41) is 0. The third-order valence-corrected chi connectivity index (χ3v) is 5.63. The fraction of sp³-hybridized carbons (Fsp3) is 1.00. The van der Waals surface area contributed by atoms with E-state index >= 15 is 0 Å². The van der Waals surface area contributed by atoms with E-state index in [9.17, 15) is 0 Å². The van der Waals surface area contributed by atoms with Crippen LogP contribution in [-0.2, 0) is 18.0 Å². The lowest BCUT2D eigenvalue weighted by Crippen LogP contribution is -2.52. The fourth-order valence-electron chi connectivity index (χ4n) is 1.54. The third-order valence-electron chi connectivity index (χ3n) is 2.48. The Morgan fingerprint density at radius 2 is 1.62 bits per heavy atom. The molecule has 5 heteroatoms. The van der Waals surface area contributed by atoms with Gasteiger partial charge in [0, 0.05) is 32.8 Å². The first-order valence-corrected chi connectivity index (χ1v) is 6.26. The lowest BCUT2D eigenvalue weighted by atomic mass is 9.92. The maximum absolute atomic E-state index is 5.35. The quantitative estimate of drug-likeness (QED) is 0.626. The molecular weight excluding hydrogens is 188 g/mol. The van der Waals surface area contributed by atoms with Crippen molar-refractivity contribution < 1.29 is 18.0 Å². The average molecular weight is 206 g/mol. The molecule has 1 fully saturated rings. The van der Waals surface area contributed by atoms with Crippen LogP contribution >= 0.6 is 0 Å². The van der Waals surface area contributed by atoms with Crippen LogP contribution in [0, 0.1) is 5.41 Å². The van der Waals surface area contributed by atoms with E-state index in [0.29, 0.717) is 0 Å². The molecule has 13 heavy (non-hydrogen) atoms. The Hall–Kier alpha value is 0.0569. The fourth-order valence-corrected chi connectivity index (χ4v) is 3.72. The highest BCUT2D eigenvalue weighted by Crippen LogP contribution is 2.36. The van der Waals surface area contributed by atoms with E-state index in [1.807, 2.05) is 0 Å². The van der Waals surface area contributed by atoms with Gasteiger partial charge in [-0.25, -0.2) is 0 Å². The molecule has 4 nitrogen and oxygen atoms in total. The summed E-state index contributed by atoms with van der Waals surface area (Å²) in [4.78, 5) is 0. The molecule has 0 bridgehead atoms. The van der Waals surface area contributed by atoms with E-state index < -0.39 is 8.80 Å². The molecule has 0 saturated carbocycles. The Kier molecular flexibility index (Phi) is 3.48. The molecular formula is C8H18O4Si. The molecule has 0 aromatic rings. The van der Waals surface area contributed by atoms with Gasteiger partial charge in [0.05, 0.1) is 13.2 Å². The second-order valence-electron chi connectivity index (χ2n) is 3.78. The first kappa shape index (κ1) is 11.1. The van der Waals surface area contributed by atoms with Gasteiger partial charge in [0.1, 0.15) is 0 Å². The highest BCUT2D eigenvalue weighted by Gasteiger charge is 2.48. The van der Waals surface area contributed by atoms with E-state index in [0.717, 1.165) is 19.3 Å². The summed E-state index contributed by atoms with van der Waals surface area (Å²) >= 11 is 0. The zero-order valence-electron chi connectivity index (χ0n) is 8.75. The van der Waals surface area contributed by atoms with Gasteiger partial charge in [-0.2, -0.15) is 0 Å². The molecule has 0 unspecified atom stereocenters. The van der Waals surface area contributed by atoms with Crippen molar-refractivity contribution in [2.75, 3.05) is 34.5 Å². The summed E-state index contributed by atoms with van der Waals surface area (Å²) in [7, 11) is 2.52. The second kappa shape index (κ2) is 4.06. The van der Waals surface area contributed by atoms with Crippen molar-refractivity contribution in [2.45, 2.75) is 13.0 Å². The molecule has 1 aliphatic rings. The number of hydrogen-bond donors (Lipinski definition) is 0. The summed E-state index contributed by atoms with van der Waals surface area (Å²) in [6, 6.07) is 0.823. The highest BCUT2D eigenvalue weighted by molar-refractivity contribution is 6.60. The van der Waals surface area contributed by atoms with Gasteiger partial charge in [0.15, 0.2) is 0 Å². The number of rotatable bonds is 5. The molecule has 0 aromatic carbocycles. The molecule has 0 aliphatic carbocycles.